The quantitative estimate of drug-likeness (QED) is 0.583. The van der Waals surface area contributed by atoms with Crippen LogP contribution >= 0.6 is 0 Å². The van der Waals surface area contributed by atoms with Gasteiger partial charge in [0.15, 0.2) is 0 Å². The van der Waals surface area contributed by atoms with Crippen molar-refractivity contribution in [3.05, 3.63) is 71.6 Å². The van der Waals surface area contributed by atoms with E-state index in [4.69, 9.17) is 14.2 Å². The van der Waals surface area contributed by atoms with Crippen molar-refractivity contribution in [1.29, 1.82) is 0 Å². The van der Waals surface area contributed by atoms with Crippen molar-refractivity contribution in [3.63, 3.8) is 0 Å². The van der Waals surface area contributed by atoms with E-state index in [0.29, 0.717) is 19.8 Å². The molecular weight excluding hydrogens is 369 g/mol. The monoisotopic (exact) mass is 399 g/mol. The first-order valence-corrected chi connectivity index (χ1v) is 10.1. The highest BCUT2D eigenvalue weighted by molar-refractivity contribution is 5.53. The molecule has 0 fully saturated rings. The van der Waals surface area contributed by atoms with E-state index >= 15 is 0 Å². The van der Waals surface area contributed by atoms with Crippen molar-refractivity contribution in [2.75, 3.05) is 18.5 Å². The predicted molar refractivity (Wildman–Crippen MR) is 114 cm³/mol. The van der Waals surface area contributed by atoms with Crippen LogP contribution in [0.2, 0.25) is 0 Å². The van der Waals surface area contributed by atoms with Crippen LogP contribution in [0.5, 0.6) is 5.75 Å². The van der Waals surface area contributed by atoms with Gasteiger partial charge in [0, 0.05) is 24.4 Å². The van der Waals surface area contributed by atoms with E-state index in [0.717, 1.165) is 22.6 Å². The second-order valence-electron chi connectivity index (χ2n) is 7.64. The van der Waals surface area contributed by atoms with Crippen molar-refractivity contribution in [2.24, 2.45) is 0 Å². The second kappa shape index (κ2) is 9.42. The van der Waals surface area contributed by atoms with Crippen LogP contribution in [0.3, 0.4) is 0 Å². The van der Waals surface area contributed by atoms with E-state index < -0.39 is 5.60 Å². The Kier molecular flexibility index (Phi) is 6.93. The Balaban J connectivity index is 1.83. The Bertz CT molecular complexity index is 833. The van der Waals surface area contributed by atoms with Crippen LogP contribution < -0.4 is 10.1 Å². The first-order chi connectivity index (χ1) is 13.9. The lowest BCUT2D eigenvalue weighted by Gasteiger charge is -2.44. The maximum atomic E-state index is 13.1. The highest BCUT2D eigenvalue weighted by Crippen LogP contribution is 2.44. The molecule has 2 atom stereocenters. The average molecular weight is 400 g/mol. The zero-order valence-corrected chi connectivity index (χ0v) is 17.6. The van der Waals surface area contributed by atoms with E-state index in [-0.39, 0.29) is 18.0 Å². The highest BCUT2D eigenvalue weighted by atomic mass is 19.1. The van der Waals surface area contributed by atoms with Gasteiger partial charge in [0.25, 0.3) is 0 Å². The Morgan fingerprint density at radius 2 is 1.90 bits per heavy atom. The van der Waals surface area contributed by atoms with E-state index in [9.17, 15) is 4.39 Å². The zero-order valence-electron chi connectivity index (χ0n) is 17.6. The van der Waals surface area contributed by atoms with Gasteiger partial charge in [-0.15, -0.1) is 0 Å². The molecule has 1 aliphatic rings. The molecule has 0 amide bonds. The summed E-state index contributed by atoms with van der Waals surface area (Å²) in [5.41, 5.74) is 2.42. The molecule has 2 aromatic carbocycles. The lowest BCUT2D eigenvalue weighted by Crippen LogP contribution is -2.51. The van der Waals surface area contributed by atoms with Crippen molar-refractivity contribution >= 4 is 5.69 Å². The van der Waals surface area contributed by atoms with Crippen molar-refractivity contribution in [3.8, 4) is 5.75 Å². The Morgan fingerprint density at radius 1 is 1.14 bits per heavy atom. The molecule has 0 bridgehead atoms. The molecule has 0 aromatic heterocycles. The summed E-state index contributed by atoms with van der Waals surface area (Å²) in [7, 11) is 0. The zero-order chi connectivity index (χ0) is 20.9. The molecule has 2 unspecified atom stereocenters. The summed E-state index contributed by atoms with van der Waals surface area (Å²) in [5, 5.41) is 3.40. The fraction of sp³-hybridized carbons (Fsp3) is 0.417. The summed E-state index contributed by atoms with van der Waals surface area (Å²) in [6.07, 6.45) is 3.49. The van der Waals surface area contributed by atoms with Crippen LogP contribution in [0.25, 0.3) is 0 Å². The fourth-order valence-electron chi connectivity index (χ4n) is 3.55. The van der Waals surface area contributed by atoms with Crippen LogP contribution in [0, 0.1) is 5.82 Å². The third kappa shape index (κ3) is 5.17. The van der Waals surface area contributed by atoms with Crippen molar-refractivity contribution < 1.29 is 18.6 Å². The minimum atomic E-state index is -0.516. The normalized spacial score (nSPS) is 20.3. The molecular formula is C24H30FNO3. The summed E-state index contributed by atoms with van der Waals surface area (Å²) in [6.45, 7) is 9.71. The molecule has 156 valence electrons. The van der Waals surface area contributed by atoms with Crippen LogP contribution in [-0.4, -0.2) is 24.9 Å². The fourth-order valence-corrected chi connectivity index (χ4v) is 3.55. The summed E-state index contributed by atoms with van der Waals surface area (Å²) in [4.78, 5) is 0. The van der Waals surface area contributed by atoms with Gasteiger partial charge in [0.1, 0.15) is 29.4 Å². The van der Waals surface area contributed by atoms with Gasteiger partial charge in [-0.05, 0) is 63.6 Å². The molecule has 0 spiro atoms. The van der Waals surface area contributed by atoms with E-state index in [2.05, 4.69) is 11.4 Å². The van der Waals surface area contributed by atoms with Gasteiger partial charge < -0.3 is 19.5 Å². The van der Waals surface area contributed by atoms with Crippen LogP contribution in [-0.2, 0) is 16.0 Å². The first-order valence-electron chi connectivity index (χ1n) is 10.1. The molecule has 2 aromatic rings. The highest BCUT2D eigenvalue weighted by Gasteiger charge is 2.45. The number of nitrogens with one attached hydrogen (secondary N) is 1. The molecule has 0 saturated carbocycles. The van der Waals surface area contributed by atoms with Gasteiger partial charge in [-0.3, -0.25) is 0 Å². The number of rotatable bonds is 8. The van der Waals surface area contributed by atoms with Gasteiger partial charge >= 0.3 is 0 Å². The maximum Gasteiger partial charge on any atom is 0.132 e. The van der Waals surface area contributed by atoms with Gasteiger partial charge in [0.05, 0.1) is 6.61 Å². The lowest BCUT2D eigenvalue weighted by atomic mass is 9.88. The van der Waals surface area contributed by atoms with Gasteiger partial charge in [-0.2, -0.15) is 0 Å². The number of benzene rings is 2. The molecule has 29 heavy (non-hydrogen) atoms. The third-order valence-corrected chi connectivity index (χ3v) is 5.01. The number of allylic oxidation sites excluding steroid dienone is 1. The smallest absolute Gasteiger partial charge is 0.132 e. The maximum absolute atomic E-state index is 13.1. The van der Waals surface area contributed by atoms with Crippen molar-refractivity contribution in [1.82, 2.24) is 0 Å². The summed E-state index contributed by atoms with van der Waals surface area (Å²) < 4.78 is 31.6. The molecule has 0 radical (unpaired) electrons. The molecule has 0 aliphatic carbocycles. The van der Waals surface area contributed by atoms with Gasteiger partial charge in [-0.25, -0.2) is 4.39 Å². The molecule has 1 aliphatic heterocycles. The Hall–Kier alpha value is -2.37. The summed E-state index contributed by atoms with van der Waals surface area (Å²) in [6, 6.07) is 12.5. The first kappa shape index (κ1) is 21.3. The number of hydrogen-bond donors (Lipinski definition) is 1. The van der Waals surface area contributed by atoms with E-state index in [1.54, 1.807) is 12.1 Å². The lowest BCUT2D eigenvalue weighted by molar-refractivity contribution is -0.155. The molecule has 4 nitrogen and oxygen atoms in total. The second-order valence-corrected chi connectivity index (χ2v) is 7.64. The predicted octanol–water partition coefficient (Wildman–Crippen LogP) is 5.65. The number of fused-ring (bicyclic) bond motifs is 1. The molecule has 0 saturated heterocycles. The number of halogens is 1. The van der Waals surface area contributed by atoms with Gasteiger partial charge in [0.2, 0.25) is 0 Å². The minimum Gasteiger partial charge on any atom is -0.485 e. The van der Waals surface area contributed by atoms with Crippen molar-refractivity contribution in [2.45, 2.75) is 52.0 Å². The third-order valence-electron chi connectivity index (χ3n) is 5.01. The standard InChI is InChI=1S/C24H30FNO3/c1-5-7-14-28-23-22(27-6-2)20-15-19(12-13-21(20)29-24(23,3)4)26-16-17-8-10-18(25)11-9-17/h5,7-13,15,22-23,26H,6,14,16H2,1-4H3/b7-5+. The summed E-state index contributed by atoms with van der Waals surface area (Å²) in [5.74, 6) is 0.581. The van der Waals surface area contributed by atoms with Crippen LogP contribution in [0.1, 0.15) is 44.9 Å². The molecule has 1 heterocycles. The van der Waals surface area contributed by atoms with Crippen LogP contribution in [0.15, 0.2) is 54.6 Å². The molecule has 5 heteroatoms. The largest absolute Gasteiger partial charge is 0.485 e. The topological polar surface area (TPSA) is 39.7 Å². The molecule has 3 rings (SSSR count). The summed E-state index contributed by atoms with van der Waals surface area (Å²) >= 11 is 0. The minimum absolute atomic E-state index is 0.225. The number of anilines is 1. The number of hydrogen-bond acceptors (Lipinski definition) is 4. The van der Waals surface area contributed by atoms with E-state index in [1.165, 1.54) is 12.1 Å². The molecule has 1 N–H and O–H groups in total. The van der Waals surface area contributed by atoms with E-state index in [1.807, 2.05) is 52.0 Å². The van der Waals surface area contributed by atoms with Crippen LogP contribution in [0.4, 0.5) is 10.1 Å². The SMILES string of the molecule is C/C=C/COC1C(OCC)c2cc(NCc3ccc(F)cc3)ccc2OC1(C)C. The Morgan fingerprint density at radius 3 is 2.59 bits per heavy atom. The Labute approximate surface area is 172 Å². The average Bonchev–Trinajstić information content (AvgIpc) is 2.69. The van der Waals surface area contributed by atoms with Gasteiger partial charge in [-0.1, -0.05) is 24.3 Å². The number of ether oxygens (including phenoxy) is 3.